The van der Waals surface area contributed by atoms with Crippen LogP contribution in [0.4, 0.5) is 0 Å². The van der Waals surface area contributed by atoms with Crippen LogP contribution in [-0.2, 0) is 9.59 Å². The summed E-state index contributed by atoms with van der Waals surface area (Å²) in [4.78, 5) is 29.1. The molecule has 23 heavy (non-hydrogen) atoms. The molecule has 0 radical (unpaired) electrons. The Balaban J connectivity index is 1.89. The van der Waals surface area contributed by atoms with Gasteiger partial charge in [-0.05, 0) is 57.5 Å². The first-order valence-corrected chi connectivity index (χ1v) is 9.46. The lowest BCUT2D eigenvalue weighted by atomic mass is 9.94. The zero-order valence-electron chi connectivity index (χ0n) is 14.9. The average molecular weight is 323 g/mol. The molecule has 2 fully saturated rings. The van der Waals surface area contributed by atoms with Crippen LogP contribution in [0.2, 0.25) is 0 Å². The Hall–Kier alpha value is -1.10. The summed E-state index contributed by atoms with van der Waals surface area (Å²) in [5, 5.41) is 3.41. The van der Waals surface area contributed by atoms with Crippen LogP contribution in [0, 0.1) is 5.92 Å². The van der Waals surface area contributed by atoms with Crippen molar-refractivity contribution in [1.82, 2.24) is 15.1 Å². The van der Waals surface area contributed by atoms with E-state index in [-0.39, 0.29) is 17.9 Å². The van der Waals surface area contributed by atoms with Crippen LogP contribution in [0.1, 0.15) is 58.8 Å². The number of piperidine rings is 2. The van der Waals surface area contributed by atoms with E-state index in [0.29, 0.717) is 12.3 Å². The predicted octanol–water partition coefficient (Wildman–Crippen LogP) is 2.02. The molecule has 0 aromatic carbocycles. The van der Waals surface area contributed by atoms with E-state index in [4.69, 9.17) is 0 Å². The summed E-state index contributed by atoms with van der Waals surface area (Å²) in [6.45, 7) is 8.67. The molecule has 0 bridgehead atoms. The molecule has 0 aromatic rings. The zero-order valence-corrected chi connectivity index (χ0v) is 14.9. The summed E-state index contributed by atoms with van der Waals surface area (Å²) in [5.41, 5.74) is 0. The first-order chi connectivity index (χ1) is 11.2. The second kappa shape index (κ2) is 9.26. The second-order valence-corrected chi connectivity index (χ2v) is 6.93. The molecule has 5 heteroatoms. The van der Waals surface area contributed by atoms with E-state index >= 15 is 0 Å². The zero-order chi connectivity index (χ0) is 16.7. The van der Waals surface area contributed by atoms with Crippen molar-refractivity contribution in [2.45, 2.75) is 64.8 Å². The molecule has 132 valence electrons. The fourth-order valence-electron chi connectivity index (χ4n) is 3.76. The molecule has 2 aliphatic rings. The molecular weight excluding hydrogens is 290 g/mol. The number of carbonyl (C=O) groups excluding carboxylic acids is 2. The average Bonchev–Trinajstić information content (AvgIpc) is 2.60. The first-order valence-electron chi connectivity index (χ1n) is 9.46. The van der Waals surface area contributed by atoms with Gasteiger partial charge in [-0.2, -0.15) is 0 Å². The molecule has 2 rings (SSSR count). The maximum Gasteiger partial charge on any atom is 0.245 e. The molecule has 0 aromatic heterocycles. The standard InChI is InChI=1S/C18H33N3O2/c1-3-7-17(22)21-11-6-5-8-16(21)18(23)20-12-9-15(10-13-20)14-19-4-2/h15-16,19H,3-14H2,1-2H3. The van der Waals surface area contributed by atoms with Crippen molar-refractivity contribution in [3.63, 3.8) is 0 Å². The van der Waals surface area contributed by atoms with Crippen LogP contribution in [0.5, 0.6) is 0 Å². The van der Waals surface area contributed by atoms with Crippen molar-refractivity contribution in [1.29, 1.82) is 0 Å². The molecule has 2 saturated heterocycles. The molecule has 1 atom stereocenters. The van der Waals surface area contributed by atoms with Crippen molar-refractivity contribution in [3.05, 3.63) is 0 Å². The van der Waals surface area contributed by atoms with Crippen molar-refractivity contribution in [2.24, 2.45) is 5.92 Å². The molecule has 2 heterocycles. The molecular formula is C18H33N3O2. The van der Waals surface area contributed by atoms with E-state index < -0.39 is 0 Å². The molecule has 0 aliphatic carbocycles. The van der Waals surface area contributed by atoms with Crippen LogP contribution in [0.15, 0.2) is 0 Å². The SMILES string of the molecule is CCCC(=O)N1CCCCC1C(=O)N1CCC(CNCC)CC1. The Morgan fingerprint density at radius 3 is 2.43 bits per heavy atom. The number of hydrogen-bond acceptors (Lipinski definition) is 3. The minimum Gasteiger partial charge on any atom is -0.341 e. The van der Waals surface area contributed by atoms with Crippen molar-refractivity contribution < 1.29 is 9.59 Å². The van der Waals surface area contributed by atoms with Gasteiger partial charge in [-0.25, -0.2) is 0 Å². The molecule has 1 unspecified atom stereocenters. The maximum atomic E-state index is 12.9. The highest BCUT2D eigenvalue weighted by atomic mass is 16.2. The third kappa shape index (κ3) is 4.93. The summed E-state index contributed by atoms with van der Waals surface area (Å²) >= 11 is 0. The summed E-state index contributed by atoms with van der Waals surface area (Å²) < 4.78 is 0. The van der Waals surface area contributed by atoms with Crippen molar-refractivity contribution in [2.75, 3.05) is 32.7 Å². The quantitative estimate of drug-likeness (QED) is 0.813. The van der Waals surface area contributed by atoms with Gasteiger partial charge in [-0.1, -0.05) is 13.8 Å². The van der Waals surface area contributed by atoms with Crippen molar-refractivity contribution in [3.8, 4) is 0 Å². The van der Waals surface area contributed by atoms with Crippen molar-refractivity contribution >= 4 is 11.8 Å². The Kier molecular flexibility index (Phi) is 7.34. The summed E-state index contributed by atoms with van der Waals surface area (Å²) in [5.74, 6) is 1.03. The Morgan fingerprint density at radius 2 is 1.78 bits per heavy atom. The lowest BCUT2D eigenvalue weighted by molar-refractivity contribution is -0.148. The fourth-order valence-corrected chi connectivity index (χ4v) is 3.76. The minimum atomic E-state index is -0.201. The maximum absolute atomic E-state index is 12.9. The van der Waals surface area contributed by atoms with E-state index in [2.05, 4.69) is 12.2 Å². The van der Waals surface area contributed by atoms with Gasteiger partial charge in [-0.3, -0.25) is 9.59 Å². The highest BCUT2D eigenvalue weighted by molar-refractivity contribution is 5.88. The Bertz CT molecular complexity index is 392. The van der Waals surface area contributed by atoms with Gasteiger partial charge in [0.15, 0.2) is 0 Å². The highest BCUT2D eigenvalue weighted by Crippen LogP contribution is 2.23. The third-order valence-electron chi connectivity index (χ3n) is 5.18. The van der Waals surface area contributed by atoms with Crippen LogP contribution < -0.4 is 5.32 Å². The van der Waals surface area contributed by atoms with Gasteiger partial charge in [0.05, 0.1) is 0 Å². The fraction of sp³-hybridized carbons (Fsp3) is 0.889. The van der Waals surface area contributed by atoms with Gasteiger partial charge in [0, 0.05) is 26.1 Å². The highest BCUT2D eigenvalue weighted by Gasteiger charge is 2.35. The lowest BCUT2D eigenvalue weighted by Gasteiger charge is -2.40. The van der Waals surface area contributed by atoms with Gasteiger partial charge < -0.3 is 15.1 Å². The van der Waals surface area contributed by atoms with E-state index in [1.165, 1.54) is 0 Å². The Labute approximate surface area is 140 Å². The van der Waals surface area contributed by atoms with E-state index in [1.807, 2.05) is 16.7 Å². The number of nitrogens with zero attached hydrogens (tertiary/aromatic N) is 2. The molecule has 2 amide bonds. The van der Waals surface area contributed by atoms with Gasteiger partial charge in [-0.15, -0.1) is 0 Å². The van der Waals surface area contributed by atoms with Gasteiger partial charge in [0.1, 0.15) is 6.04 Å². The normalized spacial score (nSPS) is 23.1. The number of rotatable bonds is 6. The Morgan fingerprint density at radius 1 is 1.04 bits per heavy atom. The molecule has 0 saturated carbocycles. The lowest BCUT2D eigenvalue weighted by Crippen LogP contribution is -2.54. The minimum absolute atomic E-state index is 0.160. The van der Waals surface area contributed by atoms with Crippen LogP contribution in [0.3, 0.4) is 0 Å². The summed E-state index contributed by atoms with van der Waals surface area (Å²) in [6, 6.07) is -0.201. The summed E-state index contributed by atoms with van der Waals surface area (Å²) in [7, 11) is 0. The number of carbonyl (C=O) groups is 2. The van der Waals surface area contributed by atoms with E-state index in [0.717, 1.165) is 71.2 Å². The number of hydrogen-bond donors (Lipinski definition) is 1. The van der Waals surface area contributed by atoms with E-state index in [9.17, 15) is 9.59 Å². The third-order valence-corrected chi connectivity index (χ3v) is 5.18. The van der Waals surface area contributed by atoms with Crippen LogP contribution >= 0.6 is 0 Å². The topological polar surface area (TPSA) is 52.7 Å². The number of amides is 2. The number of likely N-dealkylation sites (tertiary alicyclic amines) is 2. The van der Waals surface area contributed by atoms with Crippen LogP contribution in [0.25, 0.3) is 0 Å². The monoisotopic (exact) mass is 323 g/mol. The first kappa shape index (κ1) is 18.2. The molecule has 2 aliphatic heterocycles. The largest absolute Gasteiger partial charge is 0.341 e. The van der Waals surface area contributed by atoms with Gasteiger partial charge in [0.25, 0.3) is 0 Å². The molecule has 0 spiro atoms. The van der Waals surface area contributed by atoms with Crippen LogP contribution in [-0.4, -0.2) is 60.4 Å². The van der Waals surface area contributed by atoms with Gasteiger partial charge >= 0.3 is 0 Å². The molecule has 5 nitrogen and oxygen atoms in total. The smallest absolute Gasteiger partial charge is 0.245 e. The molecule has 1 N–H and O–H groups in total. The summed E-state index contributed by atoms with van der Waals surface area (Å²) in [6.07, 6.45) is 6.50. The number of nitrogens with one attached hydrogen (secondary N) is 1. The van der Waals surface area contributed by atoms with E-state index in [1.54, 1.807) is 0 Å². The second-order valence-electron chi connectivity index (χ2n) is 6.93. The predicted molar refractivity (Wildman–Crippen MR) is 92.1 cm³/mol. The van der Waals surface area contributed by atoms with Gasteiger partial charge in [0.2, 0.25) is 11.8 Å².